The minimum Gasteiger partial charge on any atom is -0.444 e. The summed E-state index contributed by atoms with van der Waals surface area (Å²) >= 11 is 2.21. The summed E-state index contributed by atoms with van der Waals surface area (Å²) in [5.74, 6) is 0.285. The molecule has 218 valence electrons. The van der Waals surface area contributed by atoms with Gasteiger partial charge in [0.1, 0.15) is 15.3 Å². The number of amides is 3. The number of β-amino-alcohol motifs (C(OH)–C–C–N with tert-alkyl or cyclic N) is 1. The molecule has 5 rings (SSSR count). The second kappa shape index (κ2) is 11.4. The molecule has 0 radical (unpaired) electrons. The van der Waals surface area contributed by atoms with Crippen LogP contribution in [-0.4, -0.2) is 103 Å². The van der Waals surface area contributed by atoms with Gasteiger partial charge in [0.15, 0.2) is 11.5 Å². The minimum absolute atomic E-state index is 0.0561. The molecule has 41 heavy (non-hydrogen) atoms. The summed E-state index contributed by atoms with van der Waals surface area (Å²) in [5.41, 5.74) is 2.20. The standard InChI is InChI=1S/C28H34IN7O5/c1-17-13-18(32-23-24-31-15-22(29)35(24)8-7-30-23)5-6-20(17)25(38)33-9-11-34(12-10-33)26(39)21-14-19(37)16-36(21)27(40)41-28(2,3)4/h5-8,13,15,19,21,37H,9-12,14,16H2,1-4H3,(H,30,32)/t19-,21+/m1/s1. The molecule has 0 bridgehead atoms. The number of piperazine rings is 1. The first kappa shape index (κ1) is 29.0. The molecule has 2 N–H and O–H groups in total. The summed E-state index contributed by atoms with van der Waals surface area (Å²) in [5, 5.41) is 13.5. The number of likely N-dealkylation sites (tertiary alicyclic amines) is 1. The first-order valence-corrected chi connectivity index (χ1v) is 14.6. The second-order valence-electron chi connectivity index (χ2n) is 11.4. The van der Waals surface area contributed by atoms with Crippen molar-refractivity contribution in [3.8, 4) is 0 Å². The number of imidazole rings is 1. The molecule has 2 aliphatic rings. The molecule has 2 fully saturated rings. The van der Waals surface area contributed by atoms with E-state index in [9.17, 15) is 19.5 Å². The molecular formula is C28H34IN7O5. The largest absolute Gasteiger partial charge is 0.444 e. The van der Waals surface area contributed by atoms with E-state index in [1.165, 1.54) is 4.90 Å². The topological polar surface area (TPSA) is 133 Å². The van der Waals surface area contributed by atoms with E-state index in [0.29, 0.717) is 43.2 Å². The summed E-state index contributed by atoms with van der Waals surface area (Å²) in [6.07, 6.45) is 4.11. The monoisotopic (exact) mass is 675 g/mol. The van der Waals surface area contributed by atoms with Crippen molar-refractivity contribution in [2.45, 2.75) is 51.9 Å². The van der Waals surface area contributed by atoms with Crippen molar-refractivity contribution < 1.29 is 24.2 Å². The Hall–Kier alpha value is -3.46. The van der Waals surface area contributed by atoms with E-state index in [0.717, 1.165) is 15.0 Å². The van der Waals surface area contributed by atoms with E-state index < -0.39 is 23.8 Å². The molecule has 2 atom stereocenters. The Morgan fingerprint density at radius 1 is 1.10 bits per heavy atom. The first-order chi connectivity index (χ1) is 19.4. The smallest absolute Gasteiger partial charge is 0.411 e. The van der Waals surface area contributed by atoms with Gasteiger partial charge < -0.3 is 25.0 Å². The maximum Gasteiger partial charge on any atom is 0.411 e. The van der Waals surface area contributed by atoms with Crippen molar-refractivity contribution in [1.82, 2.24) is 29.1 Å². The highest BCUT2D eigenvalue weighted by Gasteiger charge is 2.43. The van der Waals surface area contributed by atoms with Gasteiger partial charge in [-0.1, -0.05) is 0 Å². The van der Waals surface area contributed by atoms with Crippen molar-refractivity contribution >= 4 is 57.7 Å². The fourth-order valence-electron chi connectivity index (χ4n) is 5.18. The third-order valence-corrected chi connectivity index (χ3v) is 7.97. The van der Waals surface area contributed by atoms with Crippen LogP contribution < -0.4 is 5.32 Å². The van der Waals surface area contributed by atoms with Crippen molar-refractivity contribution in [2.24, 2.45) is 0 Å². The number of carbonyl (C=O) groups excluding carboxylic acids is 3. The SMILES string of the molecule is Cc1cc(Nc2nccn3c(I)cnc23)ccc1C(=O)N1CCN(C(=O)[C@@H]2C[C@@H](O)CN2C(=O)OC(C)(C)C)CC1. The highest BCUT2D eigenvalue weighted by Crippen LogP contribution is 2.25. The number of nitrogens with zero attached hydrogens (tertiary/aromatic N) is 6. The molecule has 0 spiro atoms. The Bertz CT molecular complexity index is 1480. The number of aromatic nitrogens is 3. The van der Waals surface area contributed by atoms with Crippen LogP contribution >= 0.6 is 22.6 Å². The number of fused-ring (bicyclic) bond motifs is 1. The highest BCUT2D eigenvalue weighted by atomic mass is 127. The van der Waals surface area contributed by atoms with Crippen LogP contribution in [0.2, 0.25) is 0 Å². The summed E-state index contributed by atoms with van der Waals surface area (Å²) in [4.78, 5) is 53.0. The zero-order valence-electron chi connectivity index (χ0n) is 23.5. The molecule has 2 saturated heterocycles. The zero-order valence-corrected chi connectivity index (χ0v) is 25.7. The Labute approximate surface area is 251 Å². The van der Waals surface area contributed by atoms with E-state index >= 15 is 0 Å². The van der Waals surface area contributed by atoms with E-state index in [4.69, 9.17) is 4.74 Å². The van der Waals surface area contributed by atoms with Gasteiger partial charge in [-0.05, 0) is 74.0 Å². The van der Waals surface area contributed by atoms with Gasteiger partial charge in [-0.3, -0.25) is 18.9 Å². The highest BCUT2D eigenvalue weighted by molar-refractivity contribution is 14.1. The van der Waals surface area contributed by atoms with Crippen LogP contribution in [0.25, 0.3) is 5.65 Å². The maximum atomic E-state index is 13.4. The van der Waals surface area contributed by atoms with Gasteiger partial charge >= 0.3 is 6.09 Å². The predicted octanol–water partition coefficient (Wildman–Crippen LogP) is 3.04. The molecular weight excluding hydrogens is 641 g/mol. The number of nitrogens with one attached hydrogen (secondary N) is 1. The lowest BCUT2D eigenvalue weighted by Crippen LogP contribution is -2.55. The average molecular weight is 676 g/mol. The maximum absolute atomic E-state index is 13.4. The number of halogens is 1. The van der Waals surface area contributed by atoms with Crippen LogP contribution in [-0.2, 0) is 9.53 Å². The fraction of sp³-hybridized carbons (Fsp3) is 0.464. The number of rotatable bonds is 4. The molecule has 2 aromatic heterocycles. The zero-order chi connectivity index (χ0) is 29.5. The summed E-state index contributed by atoms with van der Waals surface area (Å²) in [6.45, 7) is 8.66. The first-order valence-electron chi connectivity index (χ1n) is 13.5. The van der Waals surface area contributed by atoms with E-state index in [1.54, 1.807) is 49.0 Å². The molecule has 3 amide bonds. The summed E-state index contributed by atoms with van der Waals surface area (Å²) in [7, 11) is 0. The number of hydrogen-bond acceptors (Lipinski definition) is 8. The van der Waals surface area contributed by atoms with Gasteiger partial charge in [0.25, 0.3) is 5.91 Å². The van der Waals surface area contributed by atoms with Crippen LogP contribution in [0.15, 0.2) is 36.8 Å². The number of aryl methyl sites for hydroxylation is 1. The van der Waals surface area contributed by atoms with E-state index in [2.05, 4.69) is 37.9 Å². The van der Waals surface area contributed by atoms with Crippen molar-refractivity contribution in [1.29, 1.82) is 0 Å². The number of benzene rings is 1. The van der Waals surface area contributed by atoms with Crippen LogP contribution in [0.3, 0.4) is 0 Å². The lowest BCUT2D eigenvalue weighted by Gasteiger charge is -2.37. The molecule has 12 nitrogen and oxygen atoms in total. The fourth-order valence-corrected chi connectivity index (χ4v) is 5.71. The third kappa shape index (κ3) is 6.25. The quantitative estimate of drug-likeness (QED) is 0.404. The van der Waals surface area contributed by atoms with Crippen molar-refractivity contribution in [2.75, 3.05) is 38.0 Å². The molecule has 13 heteroatoms. The molecule has 2 aliphatic heterocycles. The van der Waals surface area contributed by atoms with Gasteiger partial charge in [0.05, 0.1) is 18.8 Å². The lowest BCUT2D eigenvalue weighted by atomic mass is 10.1. The molecule has 4 heterocycles. The van der Waals surface area contributed by atoms with Crippen molar-refractivity contribution in [3.63, 3.8) is 0 Å². The van der Waals surface area contributed by atoms with Crippen LogP contribution in [0.4, 0.5) is 16.3 Å². The van der Waals surface area contributed by atoms with E-state index in [-0.39, 0.29) is 24.8 Å². The van der Waals surface area contributed by atoms with Gasteiger partial charge in [-0.25, -0.2) is 14.8 Å². The van der Waals surface area contributed by atoms with Gasteiger partial charge in [-0.15, -0.1) is 0 Å². The van der Waals surface area contributed by atoms with Crippen molar-refractivity contribution in [3.05, 3.63) is 51.6 Å². The second-order valence-corrected chi connectivity index (χ2v) is 12.5. The summed E-state index contributed by atoms with van der Waals surface area (Å²) < 4.78 is 8.36. The van der Waals surface area contributed by atoms with Crippen LogP contribution in [0.5, 0.6) is 0 Å². The summed E-state index contributed by atoms with van der Waals surface area (Å²) in [6, 6.07) is 4.76. The Kier molecular flexibility index (Phi) is 8.10. The predicted molar refractivity (Wildman–Crippen MR) is 160 cm³/mol. The Morgan fingerprint density at radius 2 is 1.80 bits per heavy atom. The molecule has 3 aromatic rings. The minimum atomic E-state index is -0.785. The number of aliphatic hydroxyl groups excluding tert-OH is 1. The normalized spacial score (nSPS) is 19.5. The number of hydrogen-bond donors (Lipinski definition) is 2. The van der Waals surface area contributed by atoms with Gasteiger partial charge in [0.2, 0.25) is 5.91 Å². The molecule has 0 aliphatic carbocycles. The van der Waals surface area contributed by atoms with Crippen LogP contribution in [0.1, 0.15) is 43.1 Å². The molecule has 0 saturated carbocycles. The number of anilines is 2. The Morgan fingerprint density at radius 3 is 2.49 bits per heavy atom. The van der Waals surface area contributed by atoms with Gasteiger partial charge in [-0.2, -0.15) is 0 Å². The lowest BCUT2D eigenvalue weighted by molar-refractivity contribution is -0.137. The van der Waals surface area contributed by atoms with Crippen LogP contribution in [0, 0.1) is 10.6 Å². The molecule has 1 aromatic carbocycles. The Balaban J connectivity index is 1.21. The number of aliphatic hydroxyl groups is 1. The van der Waals surface area contributed by atoms with Gasteiger partial charge in [0, 0.05) is 56.2 Å². The number of carbonyl (C=O) groups is 3. The number of ether oxygens (including phenoxy) is 1. The molecule has 0 unspecified atom stereocenters. The average Bonchev–Trinajstić information content (AvgIpc) is 3.50. The third-order valence-electron chi connectivity index (χ3n) is 7.17. The van der Waals surface area contributed by atoms with E-state index in [1.807, 2.05) is 29.7 Å².